The molecule has 0 aliphatic rings. The Hall–Kier alpha value is -3.87. The summed E-state index contributed by atoms with van der Waals surface area (Å²) in [4.78, 5) is 9.98. The summed E-state index contributed by atoms with van der Waals surface area (Å²) in [5.74, 6) is 0.733. The Morgan fingerprint density at radius 3 is 1.76 bits per heavy atom. The van der Waals surface area contributed by atoms with Crippen LogP contribution in [0.25, 0.3) is 65.1 Å². The Labute approximate surface area is 238 Å². The van der Waals surface area contributed by atoms with Crippen LogP contribution in [0, 0.1) is 3.70 Å². The van der Waals surface area contributed by atoms with E-state index in [0.29, 0.717) is 0 Å². The standard InChI is InChI=1S/C34H21IN2S/c35-33-21-30(24-15-16-32-29(20-24)28-13-7-8-14-31(28)38-32)36-34(37-33)27-18-25(22-9-3-1-4-10-22)17-26(19-27)23-11-5-2-6-12-23/h1-21H. The Balaban J connectivity index is 1.39. The van der Waals surface area contributed by atoms with Crippen LogP contribution in [0.15, 0.2) is 127 Å². The first-order valence-corrected chi connectivity index (χ1v) is 14.3. The molecule has 0 saturated heterocycles. The first-order valence-electron chi connectivity index (χ1n) is 12.4. The summed E-state index contributed by atoms with van der Waals surface area (Å²) >= 11 is 4.14. The second kappa shape index (κ2) is 9.78. The third-order valence-corrected chi connectivity index (χ3v) is 8.48. The van der Waals surface area contributed by atoms with E-state index in [2.05, 4.69) is 138 Å². The fraction of sp³-hybridized carbons (Fsp3) is 0. The normalized spacial score (nSPS) is 11.3. The number of halogens is 1. The molecule has 0 bridgehead atoms. The number of rotatable bonds is 4. The van der Waals surface area contributed by atoms with Crippen molar-refractivity contribution in [3.05, 3.63) is 131 Å². The predicted octanol–water partition coefficient (Wildman–Crippen LogP) is 10.1. The first kappa shape index (κ1) is 23.3. The van der Waals surface area contributed by atoms with Gasteiger partial charge in [-0.15, -0.1) is 11.3 Å². The maximum absolute atomic E-state index is 5.10. The molecule has 2 nitrogen and oxygen atoms in total. The molecule has 0 spiro atoms. The maximum atomic E-state index is 5.10. The Bertz CT molecular complexity index is 1870. The highest BCUT2D eigenvalue weighted by Crippen LogP contribution is 2.37. The molecule has 7 aromatic rings. The van der Waals surface area contributed by atoms with Gasteiger partial charge in [0.2, 0.25) is 0 Å². The van der Waals surface area contributed by atoms with Crippen LogP contribution >= 0.6 is 33.9 Å². The lowest BCUT2D eigenvalue weighted by molar-refractivity contribution is 1.15. The van der Waals surface area contributed by atoms with Crippen molar-refractivity contribution >= 4 is 54.1 Å². The fourth-order valence-electron chi connectivity index (χ4n) is 4.93. The third-order valence-electron chi connectivity index (χ3n) is 6.77. The van der Waals surface area contributed by atoms with Crippen molar-refractivity contribution in [3.8, 4) is 44.9 Å². The highest BCUT2D eigenvalue weighted by atomic mass is 127. The van der Waals surface area contributed by atoms with Crippen molar-refractivity contribution in [2.75, 3.05) is 0 Å². The number of nitrogens with zero attached hydrogens (tertiary/aromatic N) is 2. The van der Waals surface area contributed by atoms with E-state index in [1.807, 2.05) is 23.5 Å². The second-order valence-electron chi connectivity index (χ2n) is 9.24. The van der Waals surface area contributed by atoms with Gasteiger partial charge in [0, 0.05) is 31.3 Å². The van der Waals surface area contributed by atoms with Crippen molar-refractivity contribution in [1.29, 1.82) is 0 Å². The van der Waals surface area contributed by atoms with Gasteiger partial charge in [-0.05, 0) is 87.3 Å². The summed E-state index contributed by atoms with van der Waals surface area (Å²) in [6, 6.07) is 45.0. The van der Waals surface area contributed by atoms with Gasteiger partial charge in [0.05, 0.1) is 5.69 Å². The van der Waals surface area contributed by atoms with E-state index in [4.69, 9.17) is 9.97 Å². The van der Waals surface area contributed by atoms with Gasteiger partial charge >= 0.3 is 0 Å². The van der Waals surface area contributed by atoms with Gasteiger partial charge in [-0.3, -0.25) is 0 Å². The third kappa shape index (κ3) is 4.40. The van der Waals surface area contributed by atoms with Gasteiger partial charge in [0.1, 0.15) is 3.70 Å². The van der Waals surface area contributed by atoms with Crippen LogP contribution in [-0.4, -0.2) is 9.97 Å². The summed E-state index contributed by atoms with van der Waals surface area (Å²) in [6.45, 7) is 0. The molecule has 0 aliphatic carbocycles. The highest BCUT2D eigenvalue weighted by Gasteiger charge is 2.13. The molecule has 0 N–H and O–H groups in total. The molecule has 7 rings (SSSR count). The zero-order valence-corrected chi connectivity index (χ0v) is 23.3. The average molecular weight is 617 g/mol. The lowest BCUT2D eigenvalue weighted by Gasteiger charge is -2.12. The molecule has 2 heterocycles. The van der Waals surface area contributed by atoms with Gasteiger partial charge < -0.3 is 0 Å². The maximum Gasteiger partial charge on any atom is 0.160 e. The monoisotopic (exact) mass is 616 g/mol. The van der Waals surface area contributed by atoms with Crippen molar-refractivity contribution in [2.24, 2.45) is 0 Å². The van der Waals surface area contributed by atoms with Gasteiger partial charge in [-0.2, -0.15) is 0 Å². The number of fused-ring (bicyclic) bond motifs is 3. The van der Waals surface area contributed by atoms with E-state index in [1.165, 1.54) is 31.3 Å². The molecule has 0 atom stereocenters. The molecule has 0 amide bonds. The van der Waals surface area contributed by atoms with E-state index >= 15 is 0 Å². The number of hydrogen-bond donors (Lipinski definition) is 0. The highest BCUT2D eigenvalue weighted by molar-refractivity contribution is 14.1. The Morgan fingerprint density at radius 1 is 0.447 bits per heavy atom. The summed E-state index contributed by atoms with van der Waals surface area (Å²) in [5, 5.41) is 2.57. The zero-order chi connectivity index (χ0) is 25.5. The van der Waals surface area contributed by atoms with E-state index in [1.54, 1.807) is 0 Å². The molecule has 4 heteroatoms. The lowest BCUT2D eigenvalue weighted by Crippen LogP contribution is -1.96. The van der Waals surface area contributed by atoms with Crippen LogP contribution in [0.5, 0.6) is 0 Å². The predicted molar refractivity (Wildman–Crippen MR) is 169 cm³/mol. The van der Waals surface area contributed by atoms with Gasteiger partial charge in [0.25, 0.3) is 0 Å². The molecule has 38 heavy (non-hydrogen) atoms. The SMILES string of the molecule is Ic1cc(-c2ccc3sc4ccccc4c3c2)nc(-c2cc(-c3ccccc3)cc(-c3ccccc3)c2)n1. The number of hydrogen-bond acceptors (Lipinski definition) is 3. The fourth-order valence-corrected chi connectivity index (χ4v) is 6.54. The van der Waals surface area contributed by atoms with Crippen LogP contribution in [0.3, 0.4) is 0 Å². The summed E-state index contributed by atoms with van der Waals surface area (Å²) in [6.07, 6.45) is 0. The molecule has 0 fully saturated rings. The number of benzene rings is 5. The van der Waals surface area contributed by atoms with E-state index in [9.17, 15) is 0 Å². The Morgan fingerprint density at radius 2 is 1.05 bits per heavy atom. The van der Waals surface area contributed by atoms with Gasteiger partial charge in [-0.1, -0.05) is 84.9 Å². The second-order valence-corrected chi connectivity index (χ2v) is 11.4. The molecule has 0 radical (unpaired) electrons. The van der Waals surface area contributed by atoms with E-state index in [0.717, 1.165) is 37.5 Å². The molecule has 180 valence electrons. The largest absolute Gasteiger partial charge is 0.228 e. The minimum atomic E-state index is 0.733. The van der Waals surface area contributed by atoms with Crippen molar-refractivity contribution in [1.82, 2.24) is 9.97 Å². The summed E-state index contributed by atoms with van der Waals surface area (Å²) < 4.78 is 3.52. The molecule has 2 aromatic heterocycles. The Kier molecular flexibility index (Phi) is 5.99. The lowest BCUT2D eigenvalue weighted by atomic mass is 9.96. The number of thiophene rings is 1. The van der Waals surface area contributed by atoms with Crippen molar-refractivity contribution < 1.29 is 0 Å². The average Bonchev–Trinajstić information content (AvgIpc) is 3.35. The summed E-state index contributed by atoms with van der Waals surface area (Å²) in [7, 11) is 0. The van der Waals surface area contributed by atoms with Gasteiger partial charge in [0.15, 0.2) is 5.82 Å². The molecule has 0 unspecified atom stereocenters. The molecule has 0 saturated carbocycles. The van der Waals surface area contributed by atoms with Crippen LogP contribution in [0.1, 0.15) is 0 Å². The number of aromatic nitrogens is 2. The van der Waals surface area contributed by atoms with Crippen LogP contribution in [0.2, 0.25) is 0 Å². The molecular weight excluding hydrogens is 595 g/mol. The van der Waals surface area contributed by atoms with Crippen LogP contribution in [0.4, 0.5) is 0 Å². The van der Waals surface area contributed by atoms with E-state index in [-0.39, 0.29) is 0 Å². The smallest absolute Gasteiger partial charge is 0.160 e. The quantitative estimate of drug-likeness (QED) is 0.145. The zero-order valence-electron chi connectivity index (χ0n) is 20.3. The van der Waals surface area contributed by atoms with Crippen molar-refractivity contribution in [2.45, 2.75) is 0 Å². The topological polar surface area (TPSA) is 25.8 Å². The van der Waals surface area contributed by atoms with E-state index < -0.39 is 0 Å². The summed E-state index contributed by atoms with van der Waals surface area (Å²) in [5.41, 5.74) is 7.69. The minimum Gasteiger partial charge on any atom is -0.228 e. The van der Waals surface area contributed by atoms with Gasteiger partial charge in [-0.25, -0.2) is 9.97 Å². The first-order chi connectivity index (χ1) is 18.7. The van der Waals surface area contributed by atoms with Crippen LogP contribution < -0.4 is 0 Å². The molecular formula is C34H21IN2S. The molecule has 5 aromatic carbocycles. The minimum absolute atomic E-state index is 0.733. The van der Waals surface area contributed by atoms with Crippen molar-refractivity contribution in [3.63, 3.8) is 0 Å². The molecule has 0 aliphatic heterocycles. The van der Waals surface area contributed by atoms with Crippen LogP contribution in [-0.2, 0) is 0 Å².